The predicted octanol–water partition coefficient (Wildman–Crippen LogP) is 3.17. The van der Waals surface area contributed by atoms with E-state index in [1.807, 2.05) is 4.52 Å². The molecule has 0 atom stereocenters. The van der Waals surface area contributed by atoms with Crippen LogP contribution in [0.4, 0.5) is 5.82 Å². The maximum absolute atomic E-state index is 4.88. The van der Waals surface area contributed by atoms with Crippen LogP contribution in [0.2, 0.25) is 0 Å². The highest BCUT2D eigenvalue weighted by atomic mass is 15.3. The van der Waals surface area contributed by atoms with Crippen molar-refractivity contribution in [1.82, 2.24) is 19.5 Å². The van der Waals surface area contributed by atoms with Gasteiger partial charge in [0.1, 0.15) is 5.82 Å². The van der Waals surface area contributed by atoms with Crippen LogP contribution >= 0.6 is 0 Å². The summed E-state index contributed by atoms with van der Waals surface area (Å²) in [6.45, 7) is 4.00. The van der Waals surface area contributed by atoms with Gasteiger partial charge in [0.2, 0.25) is 0 Å². The molecule has 5 heteroatoms. The summed E-state index contributed by atoms with van der Waals surface area (Å²) >= 11 is 0. The average Bonchev–Trinajstić information content (AvgIpc) is 3.20. The number of anilines is 1. The lowest BCUT2D eigenvalue weighted by atomic mass is 10.1. The number of benzene rings is 1. The van der Waals surface area contributed by atoms with Crippen LogP contribution in [0.25, 0.3) is 16.9 Å². The molecule has 130 valence electrons. The first-order valence-electron chi connectivity index (χ1n) is 8.99. The van der Waals surface area contributed by atoms with E-state index in [0.717, 1.165) is 48.7 Å². The van der Waals surface area contributed by atoms with Gasteiger partial charge in [0, 0.05) is 36.0 Å². The van der Waals surface area contributed by atoms with Gasteiger partial charge in [0.15, 0.2) is 5.65 Å². The van der Waals surface area contributed by atoms with E-state index in [1.165, 1.54) is 23.2 Å². The van der Waals surface area contributed by atoms with E-state index in [-0.39, 0.29) is 0 Å². The van der Waals surface area contributed by atoms with Gasteiger partial charge in [-0.25, -0.2) is 4.98 Å². The predicted molar refractivity (Wildman–Crippen MR) is 102 cm³/mol. The molecule has 1 N–H and O–H groups in total. The highest BCUT2D eigenvalue weighted by molar-refractivity contribution is 5.67. The second kappa shape index (κ2) is 6.48. The zero-order valence-corrected chi connectivity index (χ0v) is 15.2. The van der Waals surface area contributed by atoms with Gasteiger partial charge in [-0.15, -0.1) is 0 Å². The lowest BCUT2D eigenvalue weighted by molar-refractivity contribution is 0.425. The largest absolute Gasteiger partial charge is 0.368 e. The number of aromatic nitrogens is 3. The van der Waals surface area contributed by atoms with Crippen LogP contribution in [0.15, 0.2) is 30.3 Å². The Bertz CT molecular complexity index is 910. The quantitative estimate of drug-likeness (QED) is 0.778. The van der Waals surface area contributed by atoms with Crippen LogP contribution < -0.4 is 5.32 Å². The molecule has 25 heavy (non-hydrogen) atoms. The van der Waals surface area contributed by atoms with Crippen LogP contribution in [0.1, 0.15) is 23.2 Å². The summed E-state index contributed by atoms with van der Waals surface area (Å²) in [6.07, 6.45) is 3.34. The summed E-state index contributed by atoms with van der Waals surface area (Å²) < 4.78 is 2.00. The average molecular weight is 335 g/mol. The van der Waals surface area contributed by atoms with Crippen molar-refractivity contribution in [3.63, 3.8) is 0 Å². The molecule has 1 aliphatic rings. The fraction of sp³-hybridized carbons (Fsp3) is 0.400. The highest BCUT2D eigenvalue weighted by Gasteiger charge is 2.21. The molecule has 0 saturated carbocycles. The zero-order chi connectivity index (χ0) is 17.4. The van der Waals surface area contributed by atoms with Crippen molar-refractivity contribution in [3.8, 4) is 11.3 Å². The monoisotopic (exact) mass is 335 g/mol. The van der Waals surface area contributed by atoms with Crippen molar-refractivity contribution in [2.24, 2.45) is 0 Å². The van der Waals surface area contributed by atoms with Crippen molar-refractivity contribution < 1.29 is 0 Å². The van der Waals surface area contributed by atoms with Crippen LogP contribution in [-0.2, 0) is 12.8 Å². The van der Waals surface area contributed by atoms with Gasteiger partial charge < -0.3 is 10.2 Å². The molecule has 5 nitrogen and oxygen atoms in total. The summed E-state index contributed by atoms with van der Waals surface area (Å²) in [6, 6.07) is 10.6. The molecule has 1 aliphatic carbocycles. The van der Waals surface area contributed by atoms with E-state index in [9.17, 15) is 0 Å². The van der Waals surface area contributed by atoms with Gasteiger partial charge in [-0.2, -0.15) is 9.61 Å². The lowest BCUT2D eigenvalue weighted by Crippen LogP contribution is -2.22. The van der Waals surface area contributed by atoms with Gasteiger partial charge >= 0.3 is 0 Å². The number of hydrogen-bond donors (Lipinski definition) is 1. The SMILES string of the molecule is Cc1cccc(-c2cc3nc4c(c(NCCN(C)C)n3n2)CCC4)c1. The van der Waals surface area contributed by atoms with Crippen molar-refractivity contribution in [2.75, 3.05) is 32.5 Å². The van der Waals surface area contributed by atoms with E-state index in [4.69, 9.17) is 10.1 Å². The van der Waals surface area contributed by atoms with E-state index in [0.29, 0.717) is 0 Å². The Hall–Kier alpha value is -2.40. The normalized spacial score (nSPS) is 13.6. The Balaban J connectivity index is 1.78. The van der Waals surface area contributed by atoms with Crippen LogP contribution in [0.5, 0.6) is 0 Å². The first-order chi connectivity index (χ1) is 12.1. The van der Waals surface area contributed by atoms with E-state index in [1.54, 1.807) is 0 Å². The number of nitrogens with zero attached hydrogens (tertiary/aromatic N) is 4. The molecule has 0 aliphatic heterocycles. The fourth-order valence-electron chi connectivity index (χ4n) is 3.51. The number of likely N-dealkylation sites (N-methyl/N-ethyl adjacent to an activating group) is 1. The Morgan fingerprint density at radius 2 is 2.08 bits per heavy atom. The molecule has 4 rings (SSSR count). The molecule has 0 fully saturated rings. The topological polar surface area (TPSA) is 45.5 Å². The first kappa shape index (κ1) is 16.1. The molecule has 0 unspecified atom stereocenters. The van der Waals surface area contributed by atoms with E-state index in [2.05, 4.69) is 61.6 Å². The van der Waals surface area contributed by atoms with Crippen LogP contribution in [0.3, 0.4) is 0 Å². The highest BCUT2D eigenvalue weighted by Crippen LogP contribution is 2.30. The summed E-state index contributed by atoms with van der Waals surface area (Å²) in [7, 11) is 4.19. The minimum absolute atomic E-state index is 0.901. The molecule has 0 spiro atoms. The molecule has 3 aromatic rings. The second-order valence-corrected chi connectivity index (χ2v) is 7.14. The first-order valence-corrected chi connectivity index (χ1v) is 8.99. The number of nitrogens with one attached hydrogen (secondary N) is 1. The van der Waals surface area contributed by atoms with Crippen molar-refractivity contribution in [2.45, 2.75) is 26.2 Å². The number of hydrogen-bond acceptors (Lipinski definition) is 4. The van der Waals surface area contributed by atoms with Crippen molar-refractivity contribution >= 4 is 11.5 Å². The Morgan fingerprint density at radius 1 is 1.20 bits per heavy atom. The van der Waals surface area contributed by atoms with E-state index >= 15 is 0 Å². The lowest BCUT2D eigenvalue weighted by Gasteiger charge is -2.15. The Kier molecular flexibility index (Phi) is 4.17. The smallest absolute Gasteiger partial charge is 0.158 e. The third-order valence-electron chi connectivity index (χ3n) is 4.79. The molecule has 2 aromatic heterocycles. The molecule has 2 heterocycles. The summed E-state index contributed by atoms with van der Waals surface area (Å²) in [4.78, 5) is 7.07. The fourth-order valence-corrected chi connectivity index (χ4v) is 3.51. The summed E-state index contributed by atoms with van der Waals surface area (Å²) in [5, 5.41) is 8.49. The maximum atomic E-state index is 4.88. The molecular formula is C20H25N5. The van der Waals surface area contributed by atoms with Gasteiger partial charge in [0.25, 0.3) is 0 Å². The second-order valence-electron chi connectivity index (χ2n) is 7.14. The molecule has 0 radical (unpaired) electrons. The van der Waals surface area contributed by atoms with Crippen molar-refractivity contribution in [3.05, 3.63) is 47.2 Å². The minimum atomic E-state index is 0.901. The van der Waals surface area contributed by atoms with E-state index < -0.39 is 0 Å². The molecule has 0 amide bonds. The third-order valence-corrected chi connectivity index (χ3v) is 4.79. The molecule has 0 bridgehead atoms. The third kappa shape index (κ3) is 3.12. The van der Waals surface area contributed by atoms with Crippen LogP contribution in [0, 0.1) is 6.92 Å². The van der Waals surface area contributed by atoms with Crippen LogP contribution in [-0.4, -0.2) is 46.7 Å². The van der Waals surface area contributed by atoms with Gasteiger partial charge in [-0.1, -0.05) is 23.8 Å². The molecule has 1 aromatic carbocycles. The minimum Gasteiger partial charge on any atom is -0.368 e. The van der Waals surface area contributed by atoms with Gasteiger partial charge in [0.05, 0.1) is 5.69 Å². The summed E-state index contributed by atoms with van der Waals surface area (Å²) in [5.41, 5.74) is 6.87. The summed E-state index contributed by atoms with van der Waals surface area (Å²) in [5.74, 6) is 1.12. The number of rotatable bonds is 5. The standard InChI is InChI=1S/C20H25N5/c1-14-6-4-7-15(12-14)18-13-19-22-17-9-5-8-16(17)20(25(19)23-18)21-10-11-24(2)3/h4,6-7,12-13,21H,5,8-11H2,1-3H3. The molecular weight excluding hydrogens is 310 g/mol. The number of aryl methyl sites for hydroxylation is 2. The zero-order valence-electron chi connectivity index (χ0n) is 15.2. The Labute approximate surface area is 148 Å². The van der Waals surface area contributed by atoms with Gasteiger partial charge in [-0.3, -0.25) is 0 Å². The Morgan fingerprint density at radius 3 is 2.88 bits per heavy atom. The molecule has 0 saturated heterocycles. The van der Waals surface area contributed by atoms with Crippen molar-refractivity contribution in [1.29, 1.82) is 0 Å². The number of fused-ring (bicyclic) bond motifs is 2. The van der Waals surface area contributed by atoms with Gasteiger partial charge in [-0.05, 0) is 46.3 Å². The maximum Gasteiger partial charge on any atom is 0.158 e.